The second kappa shape index (κ2) is 5.16. The molecule has 1 atom stereocenters. The van der Waals surface area contributed by atoms with Crippen LogP contribution < -0.4 is 5.32 Å². The average Bonchev–Trinajstić information content (AvgIpc) is 2.59. The molecule has 2 N–H and O–H groups in total. The van der Waals surface area contributed by atoms with Gasteiger partial charge in [-0.1, -0.05) is 20.8 Å². The number of nitrogens with one attached hydrogen (secondary N) is 1. The summed E-state index contributed by atoms with van der Waals surface area (Å²) >= 11 is 0. The summed E-state index contributed by atoms with van der Waals surface area (Å²) in [6, 6.07) is -0.949. The first-order valence-corrected chi connectivity index (χ1v) is 6.36. The summed E-state index contributed by atoms with van der Waals surface area (Å²) in [5, 5.41) is 11.6. The van der Waals surface area contributed by atoms with Crippen LogP contribution in [-0.4, -0.2) is 28.8 Å². The number of alkyl carbamates (subject to hydrolysis) is 1. The molecule has 0 aromatic heterocycles. The molecule has 104 valence electrons. The highest BCUT2D eigenvalue weighted by atomic mass is 16.6. The molecule has 0 heterocycles. The van der Waals surface area contributed by atoms with Crippen molar-refractivity contribution >= 4 is 12.1 Å². The van der Waals surface area contributed by atoms with Crippen molar-refractivity contribution < 1.29 is 19.4 Å². The molecule has 0 aliphatic heterocycles. The van der Waals surface area contributed by atoms with Gasteiger partial charge in [0.25, 0.3) is 0 Å². The molecule has 1 aliphatic rings. The summed E-state index contributed by atoms with van der Waals surface area (Å²) in [5.41, 5.74) is -0.994. The second-order valence-electron chi connectivity index (χ2n) is 6.33. The Balaban J connectivity index is 2.60. The fourth-order valence-corrected chi connectivity index (χ4v) is 2.24. The highest BCUT2D eigenvalue weighted by molar-refractivity contribution is 5.80. The lowest BCUT2D eigenvalue weighted by Gasteiger charge is -2.30. The summed E-state index contributed by atoms with van der Waals surface area (Å²) in [6.07, 6.45) is 3.14. The van der Waals surface area contributed by atoms with Gasteiger partial charge in [0.05, 0.1) is 0 Å². The van der Waals surface area contributed by atoms with Crippen LogP contribution in [0.3, 0.4) is 0 Å². The lowest BCUT2D eigenvalue weighted by Crippen LogP contribution is -2.50. The van der Waals surface area contributed by atoms with Crippen molar-refractivity contribution in [1.29, 1.82) is 0 Å². The third-order valence-corrected chi connectivity index (χ3v) is 3.38. The van der Waals surface area contributed by atoms with Crippen LogP contribution in [0.5, 0.6) is 0 Å². The molecule has 0 aromatic rings. The molecule has 1 rings (SSSR count). The van der Waals surface area contributed by atoms with Gasteiger partial charge in [0, 0.05) is 0 Å². The molecule has 0 saturated heterocycles. The Labute approximate surface area is 108 Å². The molecule has 0 bridgehead atoms. The zero-order chi connectivity index (χ0) is 14.0. The maximum absolute atomic E-state index is 11.8. The van der Waals surface area contributed by atoms with E-state index in [0.29, 0.717) is 0 Å². The molecule has 5 heteroatoms. The van der Waals surface area contributed by atoms with Crippen molar-refractivity contribution in [3.8, 4) is 0 Å². The van der Waals surface area contributed by atoms with E-state index in [9.17, 15) is 9.59 Å². The number of carboxylic acids is 1. The Morgan fingerprint density at radius 2 is 1.78 bits per heavy atom. The van der Waals surface area contributed by atoms with E-state index in [1.807, 2.05) is 6.92 Å². The number of carboxylic acid groups (broad SMARTS) is 1. The molecular weight excluding hydrogens is 234 g/mol. The van der Waals surface area contributed by atoms with Gasteiger partial charge in [-0.3, -0.25) is 0 Å². The number of hydrogen-bond donors (Lipinski definition) is 2. The monoisotopic (exact) mass is 257 g/mol. The molecule has 1 amide bonds. The Morgan fingerprint density at radius 1 is 1.28 bits per heavy atom. The number of amides is 1. The lowest BCUT2D eigenvalue weighted by molar-refractivity contribution is -0.142. The normalized spacial score (nSPS) is 20.2. The Kier molecular flexibility index (Phi) is 4.24. The maximum atomic E-state index is 11.8. The zero-order valence-corrected chi connectivity index (χ0v) is 11.6. The molecule has 0 radical (unpaired) electrons. The van der Waals surface area contributed by atoms with Crippen molar-refractivity contribution in [3.05, 3.63) is 0 Å². The minimum atomic E-state index is -1.05. The standard InChI is InChI=1S/C13H23NO4/c1-12(2,3)9(10(15)16)14-11(17)18-13(4)7-5-6-8-13/h9H,5-8H2,1-4H3,(H,14,17)(H,15,16)/t9-/m1/s1. The van der Waals surface area contributed by atoms with Crippen LogP contribution in [0.4, 0.5) is 4.79 Å². The summed E-state index contributed by atoms with van der Waals surface area (Å²) in [6.45, 7) is 7.20. The van der Waals surface area contributed by atoms with Gasteiger partial charge in [-0.25, -0.2) is 9.59 Å². The van der Waals surface area contributed by atoms with Gasteiger partial charge in [-0.15, -0.1) is 0 Å². The third kappa shape index (κ3) is 3.89. The quantitative estimate of drug-likeness (QED) is 0.814. The van der Waals surface area contributed by atoms with Crippen LogP contribution >= 0.6 is 0 Å². The number of hydrogen-bond acceptors (Lipinski definition) is 3. The second-order valence-corrected chi connectivity index (χ2v) is 6.33. The van der Waals surface area contributed by atoms with Crippen molar-refractivity contribution in [2.75, 3.05) is 0 Å². The largest absolute Gasteiger partial charge is 0.480 e. The summed E-state index contributed by atoms with van der Waals surface area (Å²) < 4.78 is 5.36. The molecule has 0 spiro atoms. The molecular formula is C13H23NO4. The van der Waals surface area contributed by atoms with Gasteiger partial charge in [0.15, 0.2) is 0 Å². The Hall–Kier alpha value is -1.26. The Morgan fingerprint density at radius 3 is 2.17 bits per heavy atom. The summed E-state index contributed by atoms with van der Waals surface area (Å²) in [7, 11) is 0. The van der Waals surface area contributed by atoms with Crippen LogP contribution in [0, 0.1) is 5.41 Å². The van der Waals surface area contributed by atoms with E-state index in [1.165, 1.54) is 0 Å². The van der Waals surface area contributed by atoms with Crippen LogP contribution in [0.25, 0.3) is 0 Å². The molecule has 1 fully saturated rings. The van der Waals surface area contributed by atoms with Crippen LogP contribution in [-0.2, 0) is 9.53 Å². The van der Waals surface area contributed by atoms with Gasteiger partial charge < -0.3 is 15.2 Å². The molecule has 5 nitrogen and oxygen atoms in total. The first-order chi connectivity index (χ1) is 8.14. The molecule has 1 saturated carbocycles. The number of ether oxygens (including phenoxy) is 1. The van der Waals surface area contributed by atoms with E-state index < -0.39 is 29.1 Å². The van der Waals surface area contributed by atoms with E-state index in [-0.39, 0.29) is 0 Å². The van der Waals surface area contributed by atoms with Gasteiger partial charge in [0.2, 0.25) is 0 Å². The fourth-order valence-electron chi connectivity index (χ4n) is 2.24. The van der Waals surface area contributed by atoms with Crippen molar-refractivity contribution in [3.63, 3.8) is 0 Å². The fraction of sp³-hybridized carbons (Fsp3) is 0.846. The first-order valence-electron chi connectivity index (χ1n) is 6.36. The summed E-state index contributed by atoms with van der Waals surface area (Å²) in [5.74, 6) is -1.05. The van der Waals surface area contributed by atoms with E-state index in [4.69, 9.17) is 9.84 Å². The van der Waals surface area contributed by atoms with E-state index in [1.54, 1.807) is 20.8 Å². The van der Waals surface area contributed by atoms with E-state index in [2.05, 4.69) is 5.32 Å². The predicted molar refractivity (Wildman–Crippen MR) is 67.4 cm³/mol. The molecule has 18 heavy (non-hydrogen) atoms. The zero-order valence-electron chi connectivity index (χ0n) is 11.6. The lowest BCUT2D eigenvalue weighted by atomic mass is 9.87. The third-order valence-electron chi connectivity index (χ3n) is 3.38. The smallest absolute Gasteiger partial charge is 0.408 e. The van der Waals surface area contributed by atoms with Crippen LogP contribution in [0.15, 0.2) is 0 Å². The maximum Gasteiger partial charge on any atom is 0.408 e. The molecule has 0 aromatic carbocycles. The van der Waals surface area contributed by atoms with Gasteiger partial charge >= 0.3 is 12.1 Å². The average molecular weight is 257 g/mol. The number of carbonyl (C=O) groups is 2. The SMILES string of the molecule is CC1(OC(=O)N[C@H](C(=O)O)C(C)(C)C)CCCC1. The number of aliphatic carboxylic acids is 1. The van der Waals surface area contributed by atoms with Gasteiger partial charge in [-0.2, -0.15) is 0 Å². The van der Waals surface area contributed by atoms with Crippen LogP contribution in [0.2, 0.25) is 0 Å². The minimum Gasteiger partial charge on any atom is -0.480 e. The molecule has 1 aliphatic carbocycles. The van der Waals surface area contributed by atoms with Crippen LogP contribution in [0.1, 0.15) is 53.4 Å². The highest BCUT2D eigenvalue weighted by Gasteiger charge is 2.37. The Bertz CT molecular complexity index is 326. The van der Waals surface area contributed by atoms with E-state index in [0.717, 1.165) is 25.7 Å². The van der Waals surface area contributed by atoms with Gasteiger partial charge in [-0.05, 0) is 38.0 Å². The molecule has 0 unspecified atom stereocenters. The van der Waals surface area contributed by atoms with Gasteiger partial charge in [0.1, 0.15) is 11.6 Å². The highest BCUT2D eigenvalue weighted by Crippen LogP contribution is 2.32. The van der Waals surface area contributed by atoms with Crippen molar-refractivity contribution in [1.82, 2.24) is 5.32 Å². The summed E-state index contributed by atoms with van der Waals surface area (Å²) in [4.78, 5) is 22.9. The van der Waals surface area contributed by atoms with Crippen molar-refractivity contribution in [2.45, 2.75) is 65.0 Å². The number of carbonyl (C=O) groups excluding carboxylic acids is 1. The number of rotatable bonds is 3. The first kappa shape index (κ1) is 14.8. The predicted octanol–water partition coefficient (Wildman–Crippen LogP) is 2.54. The topological polar surface area (TPSA) is 75.6 Å². The van der Waals surface area contributed by atoms with Crippen molar-refractivity contribution in [2.24, 2.45) is 5.41 Å². The minimum absolute atomic E-state index is 0.439. The van der Waals surface area contributed by atoms with E-state index >= 15 is 0 Å².